The van der Waals surface area contributed by atoms with Gasteiger partial charge in [-0.2, -0.15) is 8.78 Å². The Labute approximate surface area is 78.5 Å². The largest absolute Gasteiger partial charge is 0.435 e. The smallest absolute Gasteiger partial charge is 0.313 e. The van der Waals surface area contributed by atoms with E-state index in [9.17, 15) is 8.78 Å². The van der Waals surface area contributed by atoms with Crippen LogP contribution in [0.25, 0.3) is 11.1 Å². The maximum atomic E-state index is 12.3. The van der Waals surface area contributed by atoms with Gasteiger partial charge < -0.3 is 10.2 Å². The van der Waals surface area contributed by atoms with E-state index in [2.05, 4.69) is 4.98 Å². The summed E-state index contributed by atoms with van der Waals surface area (Å²) in [6.07, 6.45) is -2.69. The second-order valence-electron chi connectivity index (χ2n) is 2.82. The molecule has 1 aromatic heterocycles. The Hall–Kier alpha value is -1.49. The Morgan fingerprint density at radius 1 is 1.43 bits per heavy atom. The molecule has 74 valence electrons. The number of para-hydroxylation sites is 1. The maximum Gasteiger partial charge on any atom is 0.313 e. The molecule has 3 nitrogen and oxygen atoms in total. The van der Waals surface area contributed by atoms with Crippen LogP contribution in [0.15, 0.2) is 22.6 Å². The summed E-state index contributed by atoms with van der Waals surface area (Å²) >= 11 is 0. The van der Waals surface area contributed by atoms with E-state index in [0.29, 0.717) is 16.7 Å². The van der Waals surface area contributed by atoms with Gasteiger partial charge in [-0.3, -0.25) is 0 Å². The highest BCUT2D eigenvalue weighted by atomic mass is 19.3. The molecular weight excluding hydrogens is 190 g/mol. The van der Waals surface area contributed by atoms with Gasteiger partial charge in [0.05, 0.1) is 0 Å². The third kappa shape index (κ3) is 1.35. The van der Waals surface area contributed by atoms with Gasteiger partial charge in [0.1, 0.15) is 5.52 Å². The molecular formula is C9H8F2N2O. The van der Waals surface area contributed by atoms with Gasteiger partial charge >= 0.3 is 6.43 Å². The Morgan fingerprint density at radius 3 is 2.86 bits per heavy atom. The van der Waals surface area contributed by atoms with E-state index in [4.69, 9.17) is 10.2 Å². The van der Waals surface area contributed by atoms with Crippen molar-refractivity contribution in [3.05, 3.63) is 29.7 Å². The van der Waals surface area contributed by atoms with Crippen molar-refractivity contribution >= 4 is 11.1 Å². The standard InChI is InChI=1S/C9H8F2N2O/c10-8(11)9-13-6-3-1-2-5(4-12)7(6)14-9/h1-3,8H,4,12H2. The van der Waals surface area contributed by atoms with Crippen molar-refractivity contribution in [3.63, 3.8) is 0 Å². The van der Waals surface area contributed by atoms with Crippen LogP contribution in [-0.4, -0.2) is 4.98 Å². The number of nitrogens with two attached hydrogens (primary N) is 1. The van der Waals surface area contributed by atoms with Crippen molar-refractivity contribution in [1.82, 2.24) is 4.98 Å². The first-order valence-corrected chi connectivity index (χ1v) is 4.09. The molecule has 14 heavy (non-hydrogen) atoms. The van der Waals surface area contributed by atoms with E-state index in [1.165, 1.54) is 0 Å². The van der Waals surface area contributed by atoms with Crippen LogP contribution < -0.4 is 5.73 Å². The molecule has 1 aromatic carbocycles. The summed E-state index contributed by atoms with van der Waals surface area (Å²) in [5, 5.41) is 0. The number of fused-ring (bicyclic) bond motifs is 1. The third-order valence-electron chi connectivity index (χ3n) is 1.92. The number of benzene rings is 1. The minimum atomic E-state index is -2.69. The number of aromatic nitrogens is 1. The number of rotatable bonds is 2. The number of hydrogen-bond donors (Lipinski definition) is 1. The monoisotopic (exact) mass is 198 g/mol. The predicted molar refractivity (Wildman–Crippen MR) is 46.9 cm³/mol. The quantitative estimate of drug-likeness (QED) is 0.804. The number of halogens is 2. The highest BCUT2D eigenvalue weighted by molar-refractivity contribution is 5.76. The van der Waals surface area contributed by atoms with Crippen LogP contribution in [-0.2, 0) is 6.54 Å². The zero-order chi connectivity index (χ0) is 10.1. The van der Waals surface area contributed by atoms with Crippen molar-refractivity contribution < 1.29 is 13.2 Å². The van der Waals surface area contributed by atoms with Crippen LogP contribution in [0, 0.1) is 0 Å². The fourth-order valence-electron chi connectivity index (χ4n) is 1.28. The fourth-order valence-corrected chi connectivity index (χ4v) is 1.28. The Kier molecular flexibility index (Phi) is 2.17. The summed E-state index contributed by atoms with van der Waals surface area (Å²) in [5.74, 6) is -0.555. The van der Waals surface area contributed by atoms with E-state index >= 15 is 0 Å². The highest BCUT2D eigenvalue weighted by Crippen LogP contribution is 2.25. The number of hydrogen-bond acceptors (Lipinski definition) is 3. The van der Waals surface area contributed by atoms with Gasteiger partial charge in [-0.25, -0.2) is 4.98 Å². The Balaban J connectivity index is 2.64. The summed E-state index contributed by atoms with van der Waals surface area (Å²) < 4.78 is 29.4. The van der Waals surface area contributed by atoms with Crippen LogP contribution in [0.2, 0.25) is 0 Å². The molecule has 0 spiro atoms. The number of oxazole rings is 1. The van der Waals surface area contributed by atoms with Gasteiger partial charge in [-0.1, -0.05) is 12.1 Å². The number of alkyl halides is 2. The van der Waals surface area contributed by atoms with Gasteiger partial charge in [0, 0.05) is 12.1 Å². The van der Waals surface area contributed by atoms with Gasteiger partial charge in [0.2, 0.25) is 0 Å². The molecule has 1 heterocycles. The molecule has 2 aromatic rings. The zero-order valence-corrected chi connectivity index (χ0v) is 7.21. The van der Waals surface area contributed by atoms with Gasteiger partial charge in [-0.15, -0.1) is 0 Å². The summed E-state index contributed by atoms with van der Waals surface area (Å²) in [5.41, 5.74) is 6.88. The predicted octanol–water partition coefficient (Wildman–Crippen LogP) is 2.22. The molecule has 0 aliphatic heterocycles. The fraction of sp³-hybridized carbons (Fsp3) is 0.222. The van der Waals surface area contributed by atoms with Crippen LogP contribution in [0.4, 0.5) is 8.78 Å². The molecule has 0 aliphatic carbocycles. The van der Waals surface area contributed by atoms with E-state index in [1.54, 1.807) is 18.2 Å². The van der Waals surface area contributed by atoms with E-state index in [-0.39, 0.29) is 6.54 Å². The van der Waals surface area contributed by atoms with E-state index in [0.717, 1.165) is 0 Å². The lowest BCUT2D eigenvalue weighted by atomic mass is 10.2. The average molecular weight is 198 g/mol. The minimum absolute atomic E-state index is 0.245. The topological polar surface area (TPSA) is 52.0 Å². The molecule has 0 unspecified atom stereocenters. The summed E-state index contributed by atoms with van der Waals surface area (Å²) in [6, 6.07) is 5.05. The summed E-state index contributed by atoms with van der Waals surface area (Å²) in [6.45, 7) is 0.245. The molecule has 2 N–H and O–H groups in total. The first kappa shape index (κ1) is 9.08. The molecule has 0 atom stereocenters. The maximum absolute atomic E-state index is 12.3. The lowest BCUT2D eigenvalue weighted by Crippen LogP contribution is -1.95. The summed E-state index contributed by atoms with van der Waals surface area (Å²) in [4.78, 5) is 3.65. The molecule has 0 saturated carbocycles. The molecule has 5 heteroatoms. The average Bonchev–Trinajstić information content (AvgIpc) is 2.60. The molecule has 2 rings (SSSR count). The Bertz CT molecular complexity index is 453. The normalized spacial score (nSPS) is 11.4. The van der Waals surface area contributed by atoms with Crippen molar-refractivity contribution in [2.24, 2.45) is 5.73 Å². The molecule has 0 aliphatic rings. The second kappa shape index (κ2) is 3.34. The first-order valence-electron chi connectivity index (χ1n) is 4.09. The minimum Gasteiger partial charge on any atom is -0.435 e. The Morgan fingerprint density at radius 2 is 2.21 bits per heavy atom. The van der Waals surface area contributed by atoms with Crippen LogP contribution >= 0.6 is 0 Å². The molecule has 0 bridgehead atoms. The van der Waals surface area contributed by atoms with Crippen LogP contribution in [0.1, 0.15) is 17.9 Å². The zero-order valence-electron chi connectivity index (χ0n) is 7.21. The summed E-state index contributed by atoms with van der Waals surface area (Å²) in [7, 11) is 0. The van der Waals surface area contributed by atoms with Gasteiger partial charge in [0.25, 0.3) is 5.89 Å². The highest BCUT2D eigenvalue weighted by Gasteiger charge is 2.16. The van der Waals surface area contributed by atoms with Crippen molar-refractivity contribution in [3.8, 4) is 0 Å². The molecule has 0 amide bonds. The van der Waals surface area contributed by atoms with Crippen molar-refractivity contribution in [1.29, 1.82) is 0 Å². The van der Waals surface area contributed by atoms with Crippen LogP contribution in [0.5, 0.6) is 0 Å². The van der Waals surface area contributed by atoms with Gasteiger partial charge in [0.15, 0.2) is 5.58 Å². The second-order valence-corrected chi connectivity index (χ2v) is 2.82. The molecule has 0 fully saturated rings. The third-order valence-corrected chi connectivity index (χ3v) is 1.92. The van der Waals surface area contributed by atoms with E-state index in [1.807, 2.05) is 0 Å². The SMILES string of the molecule is NCc1cccc2nc(C(F)F)oc12. The van der Waals surface area contributed by atoms with E-state index < -0.39 is 12.3 Å². The number of nitrogens with zero attached hydrogens (tertiary/aromatic N) is 1. The molecule has 0 saturated heterocycles. The lowest BCUT2D eigenvalue weighted by Gasteiger charge is -1.94. The van der Waals surface area contributed by atoms with Crippen LogP contribution in [0.3, 0.4) is 0 Å². The van der Waals surface area contributed by atoms with Crippen molar-refractivity contribution in [2.75, 3.05) is 0 Å². The molecule has 0 radical (unpaired) electrons. The van der Waals surface area contributed by atoms with Gasteiger partial charge in [-0.05, 0) is 6.07 Å². The lowest BCUT2D eigenvalue weighted by molar-refractivity contribution is 0.117. The first-order chi connectivity index (χ1) is 6.72. The van der Waals surface area contributed by atoms with Crippen molar-refractivity contribution in [2.45, 2.75) is 13.0 Å².